The van der Waals surface area contributed by atoms with Crippen LogP contribution in [0.1, 0.15) is 38.7 Å². The van der Waals surface area contributed by atoms with Gasteiger partial charge in [0, 0.05) is 31.4 Å². The van der Waals surface area contributed by atoms with Crippen molar-refractivity contribution in [3.8, 4) is 0 Å². The van der Waals surface area contributed by atoms with Crippen LogP contribution in [0.2, 0.25) is 0 Å². The van der Waals surface area contributed by atoms with E-state index in [4.69, 9.17) is 10.5 Å². The highest BCUT2D eigenvalue weighted by atomic mass is 16.5. The van der Waals surface area contributed by atoms with Gasteiger partial charge >= 0.3 is 0 Å². The maximum absolute atomic E-state index is 12.3. The Labute approximate surface area is 149 Å². The van der Waals surface area contributed by atoms with Crippen molar-refractivity contribution in [2.45, 2.75) is 45.7 Å². The average Bonchev–Trinajstić information content (AvgIpc) is 2.65. The summed E-state index contributed by atoms with van der Waals surface area (Å²) in [6, 6.07) is 7.00. The van der Waals surface area contributed by atoms with Crippen molar-refractivity contribution >= 4 is 17.5 Å². The third-order valence-electron chi connectivity index (χ3n) is 4.80. The maximum Gasteiger partial charge on any atom is 0.237 e. The summed E-state index contributed by atoms with van der Waals surface area (Å²) < 4.78 is 5.31. The Morgan fingerprint density at radius 2 is 2.00 bits per heavy atom. The molecule has 1 aliphatic rings. The lowest BCUT2D eigenvalue weighted by Gasteiger charge is -2.26. The van der Waals surface area contributed by atoms with Crippen LogP contribution in [0, 0.1) is 11.8 Å². The number of hydrogen-bond acceptors (Lipinski definition) is 4. The predicted octanol–water partition coefficient (Wildman–Crippen LogP) is 2.04. The van der Waals surface area contributed by atoms with Gasteiger partial charge in [0.2, 0.25) is 11.8 Å². The van der Waals surface area contributed by atoms with Crippen LogP contribution >= 0.6 is 0 Å². The Morgan fingerprint density at radius 3 is 2.68 bits per heavy atom. The standard InChI is InChI=1S/C19H29N3O3/c1-3-13(2)18(23)22-16-6-4-5-14(11-16)12-21-19(24)17(20)15-7-9-25-10-8-15/h4-6,11,13,15,17H,3,7-10,12,20H2,1-2H3,(H,21,24)(H,22,23). The van der Waals surface area contributed by atoms with Gasteiger partial charge in [0.05, 0.1) is 6.04 Å². The molecule has 0 aliphatic carbocycles. The van der Waals surface area contributed by atoms with E-state index in [0.29, 0.717) is 19.8 Å². The number of nitrogens with two attached hydrogens (primary N) is 1. The second-order valence-corrected chi connectivity index (χ2v) is 6.69. The summed E-state index contributed by atoms with van der Waals surface area (Å²) in [5, 5.41) is 5.80. The number of rotatable bonds is 7. The van der Waals surface area contributed by atoms with E-state index >= 15 is 0 Å². The van der Waals surface area contributed by atoms with Gasteiger partial charge in [0.15, 0.2) is 0 Å². The molecular formula is C19H29N3O3. The highest BCUT2D eigenvalue weighted by Crippen LogP contribution is 2.18. The highest BCUT2D eigenvalue weighted by molar-refractivity contribution is 5.92. The number of benzene rings is 1. The Kier molecular flexibility index (Phi) is 7.40. The van der Waals surface area contributed by atoms with Crippen LogP contribution in [0.3, 0.4) is 0 Å². The first-order valence-electron chi connectivity index (χ1n) is 9.02. The summed E-state index contributed by atoms with van der Waals surface area (Å²) in [5.41, 5.74) is 7.74. The number of carbonyl (C=O) groups is 2. The first kappa shape index (κ1) is 19.4. The number of hydrogen-bond donors (Lipinski definition) is 3. The first-order valence-corrected chi connectivity index (χ1v) is 9.02. The van der Waals surface area contributed by atoms with Crippen LogP contribution in [0.5, 0.6) is 0 Å². The van der Waals surface area contributed by atoms with Crippen LogP contribution in [0.15, 0.2) is 24.3 Å². The molecule has 1 aromatic rings. The lowest BCUT2D eigenvalue weighted by Crippen LogP contribution is -2.46. The topological polar surface area (TPSA) is 93.5 Å². The van der Waals surface area contributed by atoms with Crippen LogP contribution in [-0.2, 0) is 20.9 Å². The summed E-state index contributed by atoms with van der Waals surface area (Å²) in [5.74, 6) is 0.0157. The van der Waals surface area contributed by atoms with Crippen LogP contribution < -0.4 is 16.4 Å². The van der Waals surface area contributed by atoms with E-state index in [2.05, 4.69) is 10.6 Å². The van der Waals surface area contributed by atoms with Crippen LogP contribution in [0.4, 0.5) is 5.69 Å². The van der Waals surface area contributed by atoms with Gasteiger partial charge in [0.1, 0.15) is 0 Å². The van der Waals surface area contributed by atoms with Crippen molar-refractivity contribution in [3.05, 3.63) is 29.8 Å². The van der Waals surface area contributed by atoms with Gasteiger partial charge in [-0.25, -0.2) is 0 Å². The minimum absolute atomic E-state index is 0.00484. The second kappa shape index (κ2) is 9.53. The molecule has 4 N–H and O–H groups in total. The van der Waals surface area contributed by atoms with Crippen molar-refractivity contribution in [1.82, 2.24) is 5.32 Å². The minimum Gasteiger partial charge on any atom is -0.381 e. The largest absolute Gasteiger partial charge is 0.381 e. The molecule has 25 heavy (non-hydrogen) atoms. The Bertz CT molecular complexity index is 585. The van der Waals surface area contributed by atoms with Crippen LogP contribution in [0.25, 0.3) is 0 Å². The predicted molar refractivity (Wildman–Crippen MR) is 97.9 cm³/mol. The fraction of sp³-hybridized carbons (Fsp3) is 0.579. The molecule has 2 atom stereocenters. The summed E-state index contributed by atoms with van der Waals surface area (Å²) >= 11 is 0. The van der Waals surface area contributed by atoms with E-state index in [9.17, 15) is 9.59 Å². The smallest absolute Gasteiger partial charge is 0.237 e. The molecule has 2 amide bonds. The first-order chi connectivity index (χ1) is 12.0. The molecule has 0 aromatic heterocycles. The number of anilines is 1. The molecule has 2 rings (SSSR count). The van der Waals surface area contributed by atoms with Gasteiger partial charge in [0.25, 0.3) is 0 Å². The van der Waals surface area contributed by atoms with Crippen molar-refractivity contribution < 1.29 is 14.3 Å². The van der Waals surface area contributed by atoms with Gasteiger partial charge < -0.3 is 21.1 Å². The average molecular weight is 347 g/mol. The molecule has 1 aliphatic heterocycles. The summed E-state index contributed by atoms with van der Waals surface area (Å²) in [7, 11) is 0. The molecule has 2 unspecified atom stereocenters. The highest BCUT2D eigenvalue weighted by Gasteiger charge is 2.26. The van der Waals surface area contributed by atoms with E-state index in [-0.39, 0.29) is 23.7 Å². The number of nitrogens with one attached hydrogen (secondary N) is 2. The number of amides is 2. The van der Waals surface area contributed by atoms with Crippen molar-refractivity contribution in [2.24, 2.45) is 17.6 Å². The summed E-state index contributed by atoms with van der Waals surface area (Å²) in [6.45, 7) is 5.62. The molecule has 1 aromatic carbocycles. The molecule has 1 saturated heterocycles. The number of carbonyl (C=O) groups excluding carboxylic acids is 2. The summed E-state index contributed by atoms with van der Waals surface area (Å²) in [6.07, 6.45) is 2.45. The van der Waals surface area contributed by atoms with E-state index in [0.717, 1.165) is 30.5 Å². The van der Waals surface area contributed by atoms with Crippen molar-refractivity contribution in [3.63, 3.8) is 0 Å². The van der Waals surface area contributed by atoms with Gasteiger partial charge in [-0.3, -0.25) is 9.59 Å². The molecule has 6 heteroatoms. The van der Waals surface area contributed by atoms with E-state index < -0.39 is 6.04 Å². The molecule has 0 saturated carbocycles. The van der Waals surface area contributed by atoms with Crippen LogP contribution in [-0.4, -0.2) is 31.1 Å². The maximum atomic E-state index is 12.3. The molecule has 1 heterocycles. The van der Waals surface area contributed by atoms with E-state index in [1.807, 2.05) is 38.1 Å². The SMILES string of the molecule is CCC(C)C(=O)Nc1cccc(CNC(=O)C(N)C2CCOCC2)c1. The third kappa shape index (κ3) is 5.83. The molecule has 1 fully saturated rings. The lowest BCUT2D eigenvalue weighted by atomic mass is 9.92. The lowest BCUT2D eigenvalue weighted by molar-refractivity contribution is -0.124. The third-order valence-corrected chi connectivity index (χ3v) is 4.80. The molecule has 0 radical (unpaired) electrons. The van der Waals surface area contributed by atoms with Gasteiger partial charge in [-0.1, -0.05) is 26.0 Å². The monoisotopic (exact) mass is 347 g/mol. The fourth-order valence-corrected chi connectivity index (χ4v) is 2.81. The molecule has 0 bridgehead atoms. The van der Waals surface area contributed by atoms with Crippen molar-refractivity contribution in [1.29, 1.82) is 0 Å². The zero-order chi connectivity index (χ0) is 18.2. The zero-order valence-electron chi connectivity index (χ0n) is 15.1. The quantitative estimate of drug-likeness (QED) is 0.704. The van der Waals surface area contributed by atoms with E-state index in [1.54, 1.807) is 0 Å². The molecule has 6 nitrogen and oxygen atoms in total. The van der Waals surface area contributed by atoms with Gasteiger partial charge in [-0.15, -0.1) is 0 Å². The Balaban J connectivity index is 1.86. The summed E-state index contributed by atoms with van der Waals surface area (Å²) in [4.78, 5) is 24.2. The zero-order valence-corrected chi connectivity index (χ0v) is 15.1. The van der Waals surface area contributed by atoms with Gasteiger partial charge in [-0.05, 0) is 42.9 Å². The molecular weight excluding hydrogens is 318 g/mol. The Hall–Kier alpha value is -1.92. The fourth-order valence-electron chi connectivity index (χ4n) is 2.81. The van der Waals surface area contributed by atoms with Crippen molar-refractivity contribution in [2.75, 3.05) is 18.5 Å². The molecule has 138 valence electrons. The normalized spacial score (nSPS) is 17.6. The van der Waals surface area contributed by atoms with Gasteiger partial charge in [-0.2, -0.15) is 0 Å². The van der Waals surface area contributed by atoms with E-state index in [1.165, 1.54) is 0 Å². The second-order valence-electron chi connectivity index (χ2n) is 6.69. The molecule has 0 spiro atoms. The minimum atomic E-state index is -0.503. The Morgan fingerprint density at radius 1 is 1.28 bits per heavy atom. The number of ether oxygens (including phenoxy) is 1.